The van der Waals surface area contributed by atoms with E-state index in [9.17, 15) is 14.4 Å². The van der Waals surface area contributed by atoms with Crippen LogP contribution in [0.3, 0.4) is 0 Å². The second-order valence-corrected chi connectivity index (χ2v) is 6.67. The molecule has 27 heavy (non-hydrogen) atoms. The van der Waals surface area contributed by atoms with Gasteiger partial charge in [-0.15, -0.1) is 0 Å². The van der Waals surface area contributed by atoms with Crippen LogP contribution >= 0.6 is 0 Å². The monoisotopic (exact) mass is 376 g/mol. The van der Waals surface area contributed by atoms with Crippen molar-refractivity contribution in [2.45, 2.75) is 38.1 Å². The van der Waals surface area contributed by atoms with Gasteiger partial charge in [-0.2, -0.15) is 0 Å². The van der Waals surface area contributed by atoms with E-state index in [4.69, 9.17) is 9.47 Å². The maximum atomic E-state index is 12.9. The maximum absolute atomic E-state index is 12.9. The van der Waals surface area contributed by atoms with Crippen LogP contribution in [0.25, 0.3) is 0 Å². The number of carbonyl (C=O) groups excluding carboxylic acids is 3. The van der Waals surface area contributed by atoms with Gasteiger partial charge in [-0.3, -0.25) is 9.59 Å². The molecule has 7 nitrogen and oxygen atoms in total. The topological polar surface area (TPSA) is 84.9 Å². The number of hydrogen-bond acceptors (Lipinski definition) is 5. The van der Waals surface area contributed by atoms with E-state index in [2.05, 4.69) is 5.32 Å². The molecule has 0 radical (unpaired) electrons. The Morgan fingerprint density at radius 1 is 1.11 bits per heavy atom. The Kier molecular flexibility index (Phi) is 8.26. The third-order valence-electron chi connectivity index (χ3n) is 4.78. The molecule has 148 valence electrons. The second-order valence-electron chi connectivity index (χ2n) is 6.67. The van der Waals surface area contributed by atoms with Crippen LogP contribution in [0.5, 0.6) is 0 Å². The Balaban J connectivity index is 2.00. The van der Waals surface area contributed by atoms with E-state index in [1.807, 2.05) is 0 Å². The zero-order valence-electron chi connectivity index (χ0n) is 16.0. The van der Waals surface area contributed by atoms with Crippen molar-refractivity contribution in [3.8, 4) is 0 Å². The summed E-state index contributed by atoms with van der Waals surface area (Å²) in [5.41, 5.74) is 0.477. The predicted molar refractivity (Wildman–Crippen MR) is 101 cm³/mol. The summed E-state index contributed by atoms with van der Waals surface area (Å²) in [6, 6.07) is 6.76. The summed E-state index contributed by atoms with van der Waals surface area (Å²) in [4.78, 5) is 38.7. The van der Waals surface area contributed by atoms with Gasteiger partial charge in [0.1, 0.15) is 0 Å². The Labute approximate surface area is 160 Å². The molecule has 1 aromatic rings. The highest BCUT2D eigenvalue weighted by atomic mass is 16.5. The van der Waals surface area contributed by atoms with Crippen molar-refractivity contribution >= 4 is 17.8 Å². The van der Waals surface area contributed by atoms with E-state index in [1.54, 1.807) is 36.2 Å². The first-order valence-corrected chi connectivity index (χ1v) is 9.33. The Morgan fingerprint density at radius 2 is 1.78 bits per heavy atom. The van der Waals surface area contributed by atoms with Crippen molar-refractivity contribution in [3.63, 3.8) is 0 Å². The lowest BCUT2D eigenvalue weighted by atomic mass is 9.94. The van der Waals surface area contributed by atoms with Crippen molar-refractivity contribution in [1.82, 2.24) is 10.2 Å². The van der Waals surface area contributed by atoms with E-state index in [1.165, 1.54) is 13.5 Å². The summed E-state index contributed by atoms with van der Waals surface area (Å²) in [5.74, 6) is -1.29. The number of benzene rings is 1. The highest BCUT2D eigenvalue weighted by Gasteiger charge is 2.26. The Hall–Kier alpha value is -2.41. The number of rotatable bonds is 8. The summed E-state index contributed by atoms with van der Waals surface area (Å²) in [6.07, 6.45) is 5.40. The first kappa shape index (κ1) is 20.9. The van der Waals surface area contributed by atoms with Crippen LogP contribution < -0.4 is 5.32 Å². The molecule has 2 amide bonds. The van der Waals surface area contributed by atoms with Crippen LogP contribution in [0.1, 0.15) is 52.8 Å². The summed E-state index contributed by atoms with van der Waals surface area (Å²) >= 11 is 0. The minimum absolute atomic E-state index is 0.176. The van der Waals surface area contributed by atoms with E-state index in [-0.39, 0.29) is 17.5 Å². The van der Waals surface area contributed by atoms with E-state index in [0.29, 0.717) is 18.7 Å². The summed E-state index contributed by atoms with van der Waals surface area (Å²) < 4.78 is 9.91. The van der Waals surface area contributed by atoms with Gasteiger partial charge < -0.3 is 19.7 Å². The molecule has 1 aliphatic rings. The molecule has 1 aliphatic carbocycles. The van der Waals surface area contributed by atoms with Crippen molar-refractivity contribution in [3.05, 3.63) is 35.4 Å². The third-order valence-corrected chi connectivity index (χ3v) is 4.78. The van der Waals surface area contributed by atoms with Gasteiger partial charge in [0, 0.05) is 26.7 Å². The fourth-order valence-electron chi connectivity index (χ4n) is 3.22. The number of nitrogens with zero attached hydrogens (tertiary/aromatic N) is 1. The molecule has 1 aromatic carbocycles. The zero-order chi connectivity index (χ0) is 19.6. The van der Waals surface area contributed by atoms with Crippen LogP contribution in [0.15, 0.2) is 24.3 Å². The molecule has 0 atom stereocenters. The fourth-order valence-corrected chi connectivity index (χ4v) is 3.22. The molecule has 1 saturated carbocycles. The molecule has 0 aromatic heterocycles. The van der Waals surface area contributed by atoms with Crippen molar-refractivity contribution < 1.29 is 23.9 Å². The number of esters is 1. The smallest absolute Gasteiger partial charge is 0.339 e. The van der Waals surface area contributed by atoms with Crippen molar-refractivity contribution in [2.75, 3.05) is 33.9 Å². The minimum Gasteiger partial charge on any atom is -0.452 e. The van der Waals surface area contributed by atoms with Gasteiger partial charge in [0.05, 0.1) is 17.7 Å². The van der Waals surface area contributed by atoms with E-state index >= 15 is 0 Å². The largest absolute Gasteiger partial charge is 0.452 e. The van der Waals surface area contributed by atoms with Gasteiger partial charge in [0.2, 0.25) is 0 Å². The quantitative estimate of drug-likeness (QED) is 0.554. The highest BCUT2D eigenvalue weighted by Crippen LogP contribution is 2.23. The van der Waals surface area contributed by atoms with Crippen LogP contribution in [-0.2, 0) is 14.3 Å². The van der Waals surface area contributed by atoms with Gasteiger partial charge in [-0.05, 0) is 25.0 Å². The molecule has 7 heteroatoms. The Bertz CT molecular complexity index is 656. The summed E-state index contributed by atoms with van der Waals surface area (Å²) in [7, 11) is 3.31. The number of ether oxygens (including phenoxy) is 2. The predicted octanol–water partition coefficient (Wildman–Crippen LogP) is 2.01. The lowest BCUT2D eigenvalue weighted by Gasteiger charge is -2.31. The average Bonchev–Trinajstić information content (AvgIpc) is 2.71. The highest BCUT2D eigenvalue weighted by molar-refractivity contribution is 6.05. The van der Waals surface area contributed by atoms with Gasteiger partial charge in [-0.1, -0.05) is 31.4 Å². The van der Waals surface area contributed by atoms with Crippen molar-refractivity contribution in [1.29, 1.82) is 0 Å². The molecule has 1 fully saturated rings. The molecule has 0 unspecified atom stereocenters. The normalized spacial score (nSPS) is 14.4. The van der Waals surface area contributed by atoms with E-state index < -0.39 is 18.5 Å². The first-order valence-electron chi connectivity index (χ1n) is 9.33. The first-order chi connectivity index (χ1) is 13.0. The molecule has 0 aliphatic heterocycles. The van der Waals surface area contributed by atoms with Gasteiger partial charge in [-0.25, -0.2) is 4.79 Å². The average molecular weight is 376 g/mol. The molecule has 1 N–H and O–H groups in total. The number of hydrogen-bond donors (Lipinski definition) is 1. The molecule has 2 rings (SSSR count). The van der Waals surface area contributed by atoms with Crippen LogP contribution in [0.2, 0.25) is 0 Å². The number of methoxy groups -OCH3 is 1. The van der Waals surface area contributed by atoms with Gasteiger partial charge >= 0.3 is 5.97 Å². The van der Waals surface area contributed by atoms with Crippen LogP contribution in [-0.4, -0.2) is 62.6 Å². The molecule has 0 saturated heterocycles. The van der Waals surface area contributed by atoms with E-state index in [0.717, 1.165) is 25.7 Å². The van der Waals surface area contributed by atoms with Crippen LogP contribution in [0.4, 0.5) is 0 Å². The fraction of sp³-hybridized carbons (Fsp3) is 0.550. The number of amides is 2. The lowest BCUT2D eigenvalue weighted by molar-refractivity contribution is -0.124. The SMILES string of the molecule is COCCNC(=O)COC(=O)c1ccccc1C(=O)N(C)C1CCCCC1. The molecular formula is C20H28N2O5. The maximum Gasteiger partial charge on any atom is 0.339 e. The third kappa shape index (κ3) is 6.06. The number of nitrogens with one attached hydrogen (secondary N) is 1. The molecule has 0 bridgehead atoms. The van der Waals surface area contributed by atoms with Gasteiger partial charge in [0.15, 0.2) is 6.61 Å². The zero-order valence-corrected chi connectivity index (χ0v) is 16.0. The molecule has 0 spiro atoms. The van der Waals surface area contributed by atoms with Crippen LogP contribution in [0, 0.1) is 0 Å². The molecular weight excluding hydrogens is 348 g/mol. The van der Waals surface area contributed by atoms with Gasteiger partial charge in [0.25, 0.3) is 11.8 Å². The second kappa shape index (κ2) is 10.7. The standard InChI is InChI=1S/C20H28N2O5/c1-22(15-8-4-3-5-9-15)19(24)16-10-6-7-11-17(16)20(25)27-14-18(23)21-12-13-26-2/h6-7,10-11,15H,3-5,8-9,12-14H2,1-2H3,(H,21,23). The number of carbonyl (C=O) groups is 3. The minimum atomic E-state index is -0.683. The lowest BCUT2D eigenvalue weighted by Crippen LogP contribution is -2.39. The van der Waals surface area contributed by atoms with Crippen molar-refractivity contribution in [2.24, 2.45) is 0 Å². The Morgan fingerprint density at radius 3 is 2.44 bits per heavy atom. The summed E-state index contributed by atoms with van der Waals surface area (Å²) in [5, 5.41) is 2.57. The molecule has 0 heterocycles. The summed E-state index contributed by atoms with van der Waals surface area (Å²) in [6.45, 7) is 0.322.